The molecule has 0 aliphatic carbocycles. The SMILES string of the molecule is CCCNC(=O)c1cccc(C(=O)Nc2ccccc2CC)n1. The molecule has 0 saturated heterocycles. The van der Waals surface area contributed by atoms with E-state index in [1.807, 2.05) is 38.1 Å². The molecule has 0 saturated carbocycles. The van der Waals surface area contributed by atoms with Gasteiger partial charge in [-0.1, -0.05) is 38.1 Å². The summed E-state index contributed by atoms with van der Waals surface area (Å²) >= 11 is 0. The Morgan fingerprint density at radius 1 is 0.957 bits per heavy atom. The van der Waals surface area contributed by atoms with Crippen LogP contribution in [0.4, 0.5) is 5.69 Å². The molecule has 2 aromatic rings. The lowest BCUT2D eigenvalue weighted by Crippen LogP contribution is -2.26. The predicted molar refractivity (Wildman–Crippen MR) is 90.6 cm³/mol. The van der Waals surface area contributed by atoms with Gasteiger partial charge in [-0.15, -0.1) is 0 Å². The second kappa shape index (κ2) is 8.08. The molecule has 120 valence electrons. The fourth-order valence-corrected chi connectivity index (χ4v) is 2.15. The standard InChI is InChI=1S/C18H21N3O2/c1-3-12-19-17(22)15-10-7-11-16(20-15)18(23)21-14-9-6-5-8-13(14)4-2/h5-11H,3-4,12H2,1-2H3,(H,19,22)(H,21,23). The van der Waals surface area contributed by atoms with Crippen LogP contribution in [0.15, 0.2) is 42.5 Å². The number of hydrogen-bond donors (Lipinski definition) is 2. The van der Waals surface area contributed by atoms with Crippen molar-refractivity contribution in [1.82, 2.24) is 10.3 Å². The molecule has 0 aliphatic heterocycles. The zero-order chi connectivity index (χ0) is 16.7. The lowest BCUT2D eigenvalue weighted by Gasteiger charge is -2.10. The predicted octanol–water partition coefficient (Wildman–Crippen LogP) is 3.04. The summed E-state index contributed by atoms with van der Waals surface area (Å²) in [5.41, 5.74) is 2.29. The number of carbonyl (C=O) groups excluding carboxylic acids is 2. The van der Waals surface area contributed by atoms with E-state index in [0.717, 1.165) is 24.1 Å². The molecule has 1 aromatic carbocycles. The molecule has 0 spiro atoms. The van der Waals surface area contributed by atoms with Crippen LogP contribution in [0.1, 0.15) is 46.8 Å². The molecule has 0 aliphatic rings. The molecule has 1 heterocycles. The zero-order valence-corrected chi connectivity index (χ0v) is 13.4. The number of nitrogens with zero attached hydrogens (tertiary/aromatic N) is 1. The number of para-hydroxylation sites is 1. The average molecular weight is 311 g/mol. The summed E-state index contributed by atoms with van der Waals surface area (Å²) in [6.07, 6.45) is 1.67. The van der Waals surface area contributed by atoms with Gasteiger partial charge in [0.25, 0.3) is 11.8 Å². The van der Waals surface area contributed by atoms with Crippen LogP contribution in [0.3, 0.4) is 0 Å². The minimum Gasteiger partial charge on any atom is -0.351 e. The highest BCUT2D eigenvalue weighted by Crippen LogP contribution is 2.16. The van der Waals surface area contributed by atoms with Gasteiger partial charge in [-0.05, 0) is 36.6 Å². The number of rotatable bonds is 6. The first-order valence-electron chi connectivity index (χ1n) is 7.80. The zero-order valence-electron chi connectivity index (χ0n) is 13.4. The smallest absolute Gasteiger partial charge is 0.274 e. The van der Waals surface area contributed by atoms with Gasteiger partial charge in [-0.3, -0.25) is 9.59 Å². The maximum atomic E-state index is 12.4. The fourth-order valence-electron chi connectivity index (χ4n) is 2.15. The second-order valence-corrected chi connectivity index (χ2v) is 5.13. The van der Waals surface area contributed by atoms with Crippen LogP contribution in [0, 0.1) is 0 Å². The quantitative estimate of drug-likeness (QED) is 0.861. The maximum absolute atomic E-state index is 12.4. The molecule has 5 nitrogen and oxygen atoms in total. The van der Waals surface area contributed by atoms with Crippen molar-refractivity contribution in [3.8, 4) is 0 Å². The Morgan fingerprint density at radius 3 is 2.35 bits per heavy atom. The lowest BCUT2D eigenvalue weighted by atomic mass is 10.1. The van der Waals surface area contributed by atoms with Crippen molar-refractivity contribution in [3.63, 3.8) is 0 Å². The number of benzene rings is 1. The third-order valence-corrected chi connectivity index (χ3v) is 3.40. The van der Waals surface area contributed by atoms with Gasteiger partial charge < -0.3 is 10.6 Å². The minimum absolute atomic E-state index is 0.222. The van der Waals surface area contributed by atoms with Gasteiger partial charge in [0.15, 0.2) is 0 Å². The molecule has 2 rings (SSSR count). The van der Waals surface area contributed by atoms with Gasteiger partial charge in [0, 0.05) is 12.2 Å². The third kappa shape index (κ3) is 4.39. The van der Waals surface area contributed by atoms with Gasteiger partial charge in [0.2, 0.25) is 0 Å². The summed E-state index contributed by atoms with van der Waals surface area (Å²) in [5, 5.41) is 5.60. The highest BCUT2D eigenvalue weighted by Gasteiger charge is 2.13. The molecular weight excluding hydrogens is 290 g/mol. The van der Waals surface area contributed by atoms with Crippen LogP contribution >= 0.6 is 0 Å². The number of hydrogen-bond acceptors (Lipinski definition) is 3. The third-order valence-electron chi connectivity index (χ3n) is 3.40. The summed E-state index contributed by atoms with van der Waals surface area (Å²) in [6.45, 7) is 4.59. The van der Waals surface area contributed by atoms with E-state index in [-0.39, 0.29) is 23.2 Å². The summed E-state index contributed by atoms with van der Waals surface area (Å²) in [4.78, 5) is 28.5. The van der Waals surface area contributed by atoms with E-state index in [0.29, 0.717) is 6.54 Å². The normalized spacial score (nSPS) is 10.2. The molecular formula is C18H21N3O2. The largest absolute Gasteiger partial charge is 0.351 e. The van der Waals surface area contributed by atoms with Gasteiger partial charge in [0.05, 0.1) is 0 Å². The van der Waals surface area contributed by atoms with Crippen LogP contribution in [0.2, 0.25) is 0 Å². The molecule has 0 unspecified atom stereocenters. The Kier molecular flexibility index (Phi) is 5.86. The van der Waals surface area contributed by atoms with Crippen molar-refractivity contribution in [2.45, 2.75) is 26.7 Å². The molecule has 0 atom stereocenters. The topological polar surface area (TPSA) is 71.1 Å². The second-order valence-electron chi connectivity index (χ2n) is 5.13. The van der Waals surface area contributed by atoms with Crippen molar-refractivity contribution in [2.75, 3.05) is 11.9 Å². The molecule has 0 fully saturated rings. The van der Waals surface area contributed by atoms with Gasteiger partial charge >= 0.3 is 0 Å². The van der Waals surface area contributed by atoms with Crippen molar-refractivity contribution < 1.29 is 9.59 Å². The Hall–Kier alpha value is -2.69. The minimum atomic E-state index is -0.323. The van der Waals surface area contributed by atoms with E-state index in [9.17, 15) is 9.59 Å². The van der Waals surface area contributed by atoms with Gasteiger partial charge in [0.1, 0.15) is 11.4 Å². The van der Waals surface area contributed by atoms with E-state index in [2.05, 4.69) is 15.6 Å². The molecule has 2 amide bonds. The van der Waals surface area contributed by atoms with Crippen molar-refractivity contribution in [3.05, 3.63) is 59.4 Å². The molecule has 1 aromatic heterocycles. The number of aromatic nitrogens is 1. The molecule has 23 heavy (non-hydrogen) atoms. The highest BCUT2D eigenvalue weighted by atomic mass is 16.2. The first-order chi connectivity index (χ1) is 11.2. The number of nitrogens with one attached hydrogen (secondary N) is 2. The molecule has 0 radical (unpaired) electrons. The monoisotopic (exact) mass is 311 g/mol. The number of anilines is 1. The number of aryl methyl sites for hydroxylation is 1. The van der Waals surface area contributed by atoms with E-state index in [4.69, 9.17) is 0 Å². The van der Waals surface area contributed by atoms with Crippen LogP contribution in [-0.2, 0) is 6.42 Å². The van der Waals surface area contributed by atoms with Crippen molar-refractivity contribution >= 4 is 17.5 Å². The number of carbonyl (C=O) groups is 2. The summed E-state index contributed by atoms with van der Waals surface area (Å²) in [5.74, 6) is -0.591. The summed E-state index contributed by atoms with van der Waals surface area (Å²) < 4.78 is 0. The van der Waals surface area contributed by atoms with E-state index in [1.165, 1.54) is 0 Å². The lowest BCUT2D eigenvalue weighted by molar-refractivity contribution is 0.0948. The van der Waals surface area contributed by atoms with Crippen LogP contribution in [0.5, 0.6) is 0 Å². The fraction of sp³-hybridized carbons (Fsp3) is 0.278. The van der Waals surface area contributed by atoms with Gasteiger partial charge in [-0.2, -0.15) is 0 Å². The Bertz CT molecular complexity index is 698. The summed E-state index contributed by atoms with van der Waals surface area (Å²) in [6, 6.07) is 12.5. The van der Waals surface area contributed by atoms with E-state index < -0.39 is 0 Å². The first kappa shape index (κ1) is 16.7. The maximum Gasteiger partial charge on any atom is 0.274 e. The average Bonchev–Trinajstić information content (AvgIpc) is 2.60. The molecule has 0 bridgehead atoms. The Labute approximate surface area is 136 Å². The Balaban J connectivity index is 2.15. The highest BCUT2D eigenvalue weighted by molar-refractivity contribution is 6.04. The molecule has 5 heteroatoms. The van der Waals surface area contributed by atoms with Crippen molar-refractivity contribution in [2.24, 2.45) is 0 Å². The van der Waals surface area contributed by atoms with Crippen LogP contribution < -0.4 is 10.6 Å². The number of pyridine rings is 1. The van der Waals surface area contributed by atoms with Gasteiger partial charge in [-0.25, -0.2) is 4.98 Å². The van der Waals surface area contributed by atoms with Crippen molar-refractivity contribution in [1.29, 1.82) is 0 Å². The van der Waals surface area contributed by atoms with Crippen LogP contribution in [0.25, 0.3) is 0 Å². The number of amides is 2. The molecule has 2 N–H and O–H groups in total. The summed E-state index contributed by atoms with van der Waals surface area (Å²) in [7, 11) is 0. The van der Waals surface area contributed by atoms with E-state index in [1.54, 1.807) is 18.2 Å². The van der Waals surface area contributed by atoms with Crippen LogP contribution in [-0.4, -0.2) is 23.3 Å². The Morgan fingerprint density at radius 2 is 1.65 bits per heavy atom. The van der Waals surface area contributed by atoms with E-state index >= 15 is 0 Å². The first-order valence-corrected chi connectivity index (χ1v) is 7.80.